The highest BCUT2D eigenvalue weighted by atomic mass is 79.9. The highest BCUT2D eigenvalue weighted by Crippen LogP contribution is 2.73. The van der Waals surface area contributed by atoms with Crippen molar-refractivity contribution in [2.24, 2.45) is 0 Å². The first-order chi connectivity index (χ1) is 14.9. The van der Waals surface area contributed by atoms with Crippen molar-refractivity contribution in [1.29, 1.82) is 0 Å². The molecule has 0 saturated carbocycles. The standard InChI is InChI=1S/C23H49BrO6P2/c1-19(2)27-31(25,28-20(3)4)23(32(26,29-21(5)6)30-22(7)8)17-15-13-11-9-10-12-14-16-18-24/h19-23H,9-18H2,1-8H3. The van der Waals surface area contributed by atoms with Gasteiger partial charge in [0.2, 0.25) is 0 Å². The Hall–Kier alpha value is 0.780. The van der Waals surface area contributed by atoms with E-state index in [4.69, 9.17) is 18.1 Å². The zero-order valence-corrected chi connectivity index (χ0v) is 25.1. The molecule has 6 nitrogen and oxygen atoms in total. The topological polar surface area (TPSA) is 71.1 Å². The molecule has 0 atom stereocenters. The second-order valence-electron chi connectivity index (χ2n) is 9.48. The summed E-state index contributed by atoms with van der Waals surface area (Å²) in [6.45, 7) is 14.4. The molecule has 0 bridgehead atoms. The molecule has 0 rings (SSSR count). The molecule has 0 aromatic heterocycles. The fraction of sp³-hybridized carbons (Fsp3) is 1.00. The molecule has 9 heteroatoms. The van der Waals surface area contributed by atoms with Crippen LogP contribution in [0.4, 0.5) is 0 Å². The van der Waals surface area contributed by atoms with Crippen LogP contribution in [0.2, 0.25) is 0 Å². The minimum atomic E-state index is -3.77. The third-order valence-electron chi connectivity index (χ3n) is 4.51. The fourth-order valence-electron chi connectivity index (χ4n) is 3.48. The number of unbranched alkanes of at least 4 members (excludes halogenated alkanes) is 7. The molecule has 0 saturated heterocycles. The Bertz CT molecular complexity index is 503. The van der Waals surface area contributed by atoms with Crippen molar-refractivity contribution in [2.45, 2.75) is 143 Å². The average Bonchev–Trinajstić information content (AvgIpc) is 2.60. The van der Waals surface area contributed by atoms with Gasteiger partial charge in [0, 0.05) is 5.33 Å². The minimum absolute atomic E-state index is 0.340. The molecule has 0 amide bonds. The van der Waals surface area contributed by atoms with Gasteiger partial charge < -0.3 is 18.1 Å². The van der Waals surface area contributed by atoms with Gasteiger partial charge in [0.15, 0.2) is 5.40 Å². The second-order valence-corrected chi connectivity index (χ2v) is 14.9. The summed E-state index contributed by atoms with van der Waals surface area (Å²) >= 11 is 3.47. The van der Waals surface area contributed by atoms with Crippen molar-refractivity contribution in [3.05, 3.63) is 0 Å². The van der Waals surface area contributed by atoms with Crippen LogP contribution in [0.1, 0.15) is 113 Å². The summed E-state index contributed by atoms with van der Waals surface area (Å²) in [5.41, 5.74) is 0. The Morgan fingerprint density at radius 3 is 1.09 bits per heavy atom. The van der Waals surface area contributed by atoms with E-state index in [0.717, 1.165) is 24.6 Å². The number of hydrogen-bond acceptors (Lipinski definition) is 6. The number of halogens is 1. The first-order valence-corrected chi connectivity index (χ1v) is 16.7. The highest BCUT2D eigenvalue weighted by Gasteiger charge is 2.52. The molecule has 0 aliphatic heterocycles. The van der Waals surface area contributed by atoms with Gasteiger partial charge in [0.25, 0.3) is 0 Å². The van der Waals surface area contributed by atoms with Gasteiger partial charge >= 0.3 is 15.2 Å². The molecule has 0 unspecified atom stereocenters. The highest BCUT2D eigenvalue weighted by molar-refractivity contribution is 9.09. The summed E-state index contributed by atoms with van der Waals surface area (Å²) in [4.78, 5) is 0. The molecule has 0 fully saturated rings. The van der Waals surface area contributed by atoms with E-state index < -0.39 is 20.6 Å². The van der Waals surface area contributed by atoms with Crippen LogP contribution >= 0.6 is 31.1 Å². The van der Waals surface area contributed by atoms with Gasteiger partial charge in [0.05, 0.1) is 24.4 Å². The minimum Gasteiger partial charge on any atom is -0.305 e. The SMILES string of the molecule is CC(C)OP(=O)(OC(C)C)C(CCCCCCCCCCBr)P(=O)(OC(C)C)OC(C)C. The fourth-order valence-corrected chi connectivity index (χ4v) is 9.92. The Kier molecular flexibility index (Phi) is 17.7. The molecule has 0 aliphatic rings. The number of alkyl halides is 1. The maximum Gasteiger partial charge on any atom is 0.346 e. The largest absolute Gasteiger partial charge is 0.346 e. The van der Waals surface area contributed by atoms with E-state index in [0.29, 0.717) is 6.42 Å². The van der Waals surface area contributed by atoms with Crippen LogP contribution < -0.4 is 0 Å². The molecule has 0 aromatic rings. The molecule has 0 spiro atoms. The van der Waals surface area contributed by atoms with Crippen LogP contribution in [0.25, 0.3) is 0 Å². The summed E-state index contributed by atoms with van der Waals surface area (Å²) in [5, 5.41) is 0.131. The van der Waals surface area contributed by atoms with Crippen LogP contribution in [0.3, 0.4) is 0 Å². The predicted molar refractivity (Wildman–Crippen MR) is 139 cm³/mol. The van der Waals surface area contributed by atoms with Gasteiger partial charge in [-0.2, -0.15) is 0 Å². The van der Waals surface area contributed by atoms with Crippen LogP contribution in [-0.2, 0) is 27.2 Å². The number of rotatable bonds is 20. The third kappa shape index (κ3) is 14.2. The lowest BCUT2D eigenvalue weighted by Crippen LogP contribution is -2.23. The zero-order valence-electron chi connectivity index (χ0n) is 21.7. The molecular weight excluding hydrogens is 514 g/mol. The lowest BCUT2D eigenvalue weighted by Gasteiger charge is -2.35. The van der Waals surface area contributed by atoms with E-state index in [1.165, 1.54) is 32.1 Å². The first-order valence-electron chi connectivity index (χ1n) is 12.3. The normalized spacial score (nSPS) is 13.4. The van der Waals surface area contributed by atoms with E-state index >= 15 is 0 Å². The maximum atomic E-state index is 14.0. The van der Waals surface area contributed by atoms with Gasteiger partial charge in [-0.25, -0.2) is 0 Å². The lowest BCUT2D eigenvalue weighted by atomic mass is 10.1. The molecule has 0 aliphatic carbocycles. The molecule has 32 heavy (non-hydrogen) atoms. The van der Waals surface area contributed by atoms with Gasteiger partial charge in [-0.1, -0.05) is 60.9 Å². The smallest absolute Gasteiger partial charge is 0.305 e. The number of hydrogen-bond donors (Lipinski definition) is 0. The van der Waals surface area contributed by atoms with E-state index in [1.807, 2.05) is 0 Å². The maximum absolute atomic E-state index is 14.0. The van der Waals surface area contributed by atoms with Crippen molar-refractivity contribution in [2.75, 3.05) is 5.33 Å². The quantitative estimate of drug-likeness (QED) is 0.0835. The summed E-state index contributed by atoms with van der Waals surface area (Å²) in [5.74, 6) is 0. The van der Waals surface area contributed by atoms with Crippen molar-refractivity contribution >= 4 is 31.1 Å². The summed E-state index contributed by atoms with van der Waals surface area (Å²) < 4.78 is 51.5. The molecule has 0 radical (unpaired) electrons. The molecule has 0 heterocycles. The van der Waals surface area contributed by atoms with Crippen molar-refractivity contribution < 1.29 is 27.2 Å². The van der Waals surface area contributed by atoms with Gasteiger partial charge in [0.1, 0.15) is 0 Å². The van der Waals surface area contributed by atoms with Crippen LogP contribution in [-0.4, -0.2) is 35.1 Å². The Morgan fingerprint density at radius 2 is 0.812 bits per heavy atom. The van der Waals surface area contributed by atoms with E-state index in [2.05, 4.69) is 15.9 Å². The van der Waals surface area contributed by atoms with Gasteiger partial charge in [-0.3, -0.25) is 9.13 Å². The lowest BCUT2D eigenvalue weighted by molar-refractivity contribution is 0.121. The summed E-state index contributed by atoms with van der Waals surface area (Å²) in [6.07, 6.45) is 8.05. The molecule has 0 N–H and O–H groups in total. The van der Waals surface area contributed by atoms with Gasteiger partial charge in [-0.05, 0) is 68.2 Å². The Labute approximate surface area is 206 Å². The summed E-state index contributed by atoms with van der Waals surface area (Å²) in [7, 11) is -7.53. The Balaban J connectivity index is 5.48. The van der Waals surface area contributed by atoms with Crippen LogP contribution in [0.5, 0.6) is 0 Å². The van der Waals surface area contributed by atoms with Crippen molar-refractivity contribution in [3.8, 4) is 0 Å². The summed E-state index contributed by atoms with van der Waals surface area (Å²) in [6, 6.07) is 0. The predicted octanol–water partition coefficient (Wildman–Crippen LogP) is 9.30. The van der Waals surface area contributed by atoms with E-state index in [-0.39, 0.29) is 24.4 Å². The van der Waals surface area contributed by atoms with Crippen molar-refractivity contribution in [3.63, 3.8) is 0 Å². The third-order valence-corrected chi connectivity index (χ3v) is 11.6. The monoisotopic (exact) mass is 562 g/mol. The van der Waals surface area contributed by atoms with Crippen molar-refractivity contribution in [1.82, 2.24) is 0 Å². The Morgan fingerprint density at radius 1 is 0.531 bits per heavy atom. The molecule has 0 aromatic carbocycles. The molecule has 194 valence electrons. The average molecular weight is 563 g/mol. The zero-order chi connectivity index (χ0) is 24.8. The van der Waals surface area contributed by atoms with E-state index in [1.54, 1.807) is 55.4 Å². The van der Waals surface area contributed by atoms with E-state index in [9.17, 15) is 9.13 Å². The molecular formula is C23H49BrO6P2. The van der Waals surface area contributed by atoms with Crippen LogP contribution in [0, 0.1) is 0 Å². The second kappa shape index (κ2) is 17.2. The van der Waals surface area contributed by atoms with Gasteiger partial charge in [-0.15, -0.1) is 0 Å². The van der Waals surface area contributed by atoms with Crippen LogP contribution in [0.15, 0.2) is 0 Å². The first kappa shape index (κ1) is 32.8.